The van der Waals surface area contributed by atoms with E-state index in [4.69, 9.17) is 20.1 Å². The van der Waals surface area contributed by atoms with Gasteiger partial charge in [0.25, 0.3) is 0 Å². The third-order valence-corrected chi connectivity index (χ3v) is 2.10. The van der Waals surface area contributed by atoms with Crippen LogP contribution in [0.25, 0.3) is 0 Å². The molecule has 3 N–H and O–H groups in total. The minimum absolute atomic E-state index is 0.0284. The number of hydrogen-bond donors (Lipinski definition) is 3. The molecule has 0 radical (unpaired) electrons. The molecule has 0 saturated carbocycles. The molecule has 1 aromatic carbocycles. The highest BCUT2D eigenvalue weighted by atomic mass is 16.5. The van der Waals surface area contributed by atoms with E-state index in [1.807, 2.05) is 0 Å². The Morgan fingerprint density at radius 3 is 2.75 bits per heavy atom. The van der Waals surface area contributed by atoms with E-state index in [1.165, 1.54) is 12.1 Å². The topological polar surface area (TPSA) is 87.0 Å². The van der Waals surface area contributed by atoms with Gasteiger partial charge in [0.1, 0.15) is 18.1 Å². The number of phenolic OH excluding ortho intramolecular Hbond substituents is 1. The lowest BCUT2D eigenvalue weighted by Crippen LogP contribution is -2.22. The number of carboxylic acid groups (broad SMARTS) is 1. The molecule has 0 aliphatic rings. The largest absolute Gasteiger partial charge is 0.508 e. The Morgan fingerprint density at radius 2 is 2.19 bits per heavy atom. The molecule has 1 rings (SSSR count). The van der Waals surface area contributed by atoms with Crippen LogP contribution in [0.3, 0.4) is 0 Å². The lowest BCUT2D eigenvalue weighted by molar-refractivity contribution is -0.143. The van der Waals surface area contributed by atoms with Crippen LogP contribution in [0.1, 0.15) is 6.42 Å². The van der Waals surface area contributed by atoms with Crippen LogP contribution in [0.5, 0.6) is 11.5 Å². The number of rotatable bonds is 6. The lowest BCUT2D eigenvalue weighted by Gasteiger charge is -2.12. The number of hydrogen-bond acceptors (Lipinski definition) is 4. The van der Waals surface area contributed by atoms with E-state index in [1.54, 1.807) is 12.1 Å². The minimum Gasteiger partial charge on any atom is -0.508 e. The molecule has 0 aromatic heterocycles. The molecule has 0 aliphatic carbocycles. The Labute approximate surface area is 92.9 Å². The summed E-state index contributed by atoms with van der Waals surface area (Å²) < 4.78 is 5.21. The van der Waals surface area contributed by atoms with Gasteiger partial charge in [-0.15, -0.1) is 0 Å². The molecule has 0 bridgehead atoms. The second-order valence-corrected chi connectivity index (χ2v) is 3.36. The summed E-state index contributed by atoms with van der Waals surface area (Å²) >= 11 is 0. The summed E-state index contributed by atoms with van der Waals surface area (Å²) in [5.41, 5.74) is 0. The van der Waals surface area contributed by atoms with Gasteiger partial charge in [0, 0.05) is 12.7 Å². The number of aliphatic hydroxyl groups excluding tert-OH is 1. The summed E-state index contributed by atoms with van der Waals surface area (Å²) in [6.45, 7) is -0.223. The number of aliphatic hydroxyl groups is 1. The van der Waals surface area contributed by atoms with Crippen LogP contribution in [-0.2, 0) is 4.79 Å². The zero-order valence-corrected chi connectivity index (χ0v) is 8.67. The maximum atomic E-state index is 10.7. The van der Waals surface area contributed by atoms with Crippen molar-refractivity contribution >= 4 is 5.97 Å². The molecule has 0 heterocycles. The molecular weight excluding hydrogens is 212 g/mol. The second kappa shape index (κ2) is 5.97. The zero-order chi connectivity index (χ0) is 12.0. The molecule has 1 atom stereocenters. The van der Waals surface area contributed by atoms with Crippen molar-refractivity contribution in [3.05, 3.63) is 24.3 Å². The molecule has 0 spiro atoms. The molecule has 5 heteroatoms. The van der Waals surface area contributed by atoms with E-state index in [2.05, 4.69) is 0 Å². The van der Waals surface area contributed by atoms with Gasteiger partial charge >= 0.3 is 5.97 Å². The molecule has 0 aliphatic heterocycles. The quantitative estimate of drug-likeness (QED) is 0.669. The summed E-state index contributed by atoms with van der Waals surface area (Å²) in [5, 5.41) is 26.6. The highest BCUT2D eigenvalue weighted by molar-refractivity contribution is 5.70. The number of aromatic hydroxyl groups is 1. The van der Waals surface area contributed by atoms with Crippen molar-refractivity contribution < 1.29 is 24.9 Å². The summed E-state index contributed by atoms with van der Waals surface area (Å²) in [7, 11) is 0. The minimum atomic E-state index is -1.01. The van der Waals surface area contributed by atoms with Crippen molar-refractivity contribution in [3.8, 4) is 11.5 Å². The van der Waals surface area contributed by atoms with Gasteiger partial charge in [-0.25, -0.2) is 0 Å². The van der Waals surface area contributed by atoms with E-state index in [-0.39, 0.29) is 25.4 Å². The maximum Gasteiger partial charge on any atom is 0.310 e. The van der Waals surface area contributed by atoms with Gasteiger partial charge in [0.2, 0.25) is 0 Å². The molecule has 0 saturated heterocycles. The number of ether oxygens (including phenoxy) is 1. The van der Waals surface area contributed by atoms with Crippen LogP contribution in [0.2, 0.25) is 0 Å². The first-order valence-electron chi connectivity index (χ1n) is 4.89. The molecule has 0 fully saturated rings. The standard InChI is InChI=1S/C11H14O5/c12-5-4-8(11(14)15)7-16-10-3-1-2-9(13)6-10/h1-3,6,8,12-13H,4-5,7H2,(H,14,15). The van der Waals surface area contributed by atoms with Crippen LogP contribution in [0.4, 0.5) is 0 Å². The first kappa shape index (κ1) is 12.3. The first-order valence-corrected chi connectivity index (χ1v) is 4.89. The summed E-state index contributed by atoms with van der Waals surface area (Å²) in [4.78, 5) is 10.7. The van der Waals surface area contributed by atoms with Crippen molar-refractivity contribution in [2.24, 2.45) is 5.92 Å². The van der Waals surface area contributed by atoms with E-state index in [9.17, 15) is 4.79 Å². The van der Waals surface area contributed by atoms with Gasteiger partial charge in [-0.3, -0.25) is 4.79 Å². The monoisotopic (exact) mass is 226 g/mol. The predicted octanol–water partition coefficient (Wildman–Crippen LogP) is 0.854. The van der Waals surface area contributed by atoms with Crippen LogP contribution in [0, 0.1) is 5.92 Å². The lowest BCUT2D eigenvalue weighted by atomic mass is 10.1. The third kappa shape index (κ3) is 3.78. The molecule has 5 nitrogen and oxygen atoms in total. The van der Waals surface area contributed by atoms with Gasteiger partial charge in [0.05, 0.1) is 5.92 Å². The van der Waals surface area contributed by atoms with Crippen molar-refractivity contribution in [2.75, 3.05) is 13.2 Å². The van der Waals surface area contributed by atoms with Crippen molar-refractivity contribution in [2.45, 2.75) is 6.42 Å². The van der Waals surface area contributed by atoms with Crippen molar-refractivity contribution in [3.63, 3.8) is 0 Å². The van der Waals surface area contributed by atoms with Gasteiger partial charge in [-0.2, -0.15) is 0 Å². The van der Waals surface area contributed by atoms with Gasteiger partial charge in [-0.05, 0) is 18.6 Å². The van der Waals surface area contributed by atoms with Crippen LogP contribution < -0.4 is 4.74 Å². The summed E-state index contributed by atoms with van der Waals surface area (Å²) in [6.07, 6.45) is 0.147. The van der Waals surface area contributed by atoms with E-state index < -0.39 is 11.9 Å². The first-order chi connectivity index (χ1) is 7.63. The number of carbonyl (C=O) groups is 1. The van der Waals surface area contributed by atoms with Gasteiger partial charge < -0.3 is 20.1 Å². The van der Waals surface area contributed by atoms with E-state index >= 15 is 0 Å². The molecule has 0 amide bonds. The Morgan fingerprint density at radius 1 is 1.44 bits per heavy atom. The third-order valence-electron chi connectivity index (χ3n) is 2.10. The summed E-state index contributed by atoms with van der Waals surface area (Å²) in [5.74, 6) is -1.28. The fourth-order valence-electron chi connectivity index (χ4n) is 1.20. The molecule has 1 aromatic rings. The highest BCUT2D eigenvalue weighted by Gasteiger charge is 2.17. The fraction of sp³-hybridized carbons (Fsp3) is 0.364. The Hall–Kier alpha value is -1.75. The fourth-order valence-corrected chi connectivity index (χ4v) is 1.20. The molecule has 1 unspecified atom stereocenters. The van der Waals surface area contributed by atoms with Gasteiger partial charge in [-0.1, -0.05) is 6.07 Å². The number of phenols is 1. The average Bonchev–Trinajstić information content (AvgIpc) is 2.24. The second-order valence-electron chi connectivity index (χ2n) is 3.36. The summed E-state index contributed by atoms with van der Waals surface area (Å²) in [6, 6.07) is 6.12. The number of aliphatic carboxylic acids is 1. The van der Waals surface area contributed by atoms with Gasteiger partial charge in [0.15, 0.2) is 0 Å². The van der Waals surface area contributed by atoms with Crippen LogP contribution in [0.15, 0.2) is 24.3 Å². The van der Waals surface area contributed by atoms with Crippen LogP contribution >= 0.6 is 0 Å². The van der Waals surface area contributed by atoms with E-state index in [0.717, 1.165) is 0 Å². The van der Waals surface area contributed by atoms with Crippen LogP contribution in [-0.4, -0.2) is 34.5 Å². The maximum absolute atomic E-state index is 10.7. The Kier molecular flexibility index (Phi) is 4.60. The van der Waals surface area contributed by atoms with Crippen molar-refractivity contribution in [1.29, 1.82) is 0 Å². The normalized spacial score (nSPS) is 12.1. The van der Waals surface area contributed by atoms with Crippen molar-refractivity contribution in [1.82, 2.24) is 0 Å². The Balaban J connectivity index is 2.51. The number of benzene rings is 1. The highest BCUT2D eigenvalue weighted by Crippen LogP contribution is 2.18. The van der Waals surface area contributed by atoms with E-state index in [0.29, 0.717) is 5.75 Å². The zero-order valence-electron chi connectivity index (χ0n) is 8.67. The average molecular weight is 226 g/mol. The molecule has 16 heavy (non-hydrogen) atoms. The number of carboxylic acids is 1. The smallest absolute Gasteiger partial charge is 0.310 e. The molecule has 88 valence electrons. The predicted molar refractivity (Wildman–Crippen MR) is 56.4 cm³/mol. The Bertz CT molecular complexity index is 350. The SMILES string of the molecule is O=C(O)C(CCO)COc1cccc(O)c1. The molecular formula is C11H14O5.